The van der Waals surface area contributed by atoms with Crippen molar-refractivity contribution in [2.75, 3.05) is 35.2 Å². The lowest BCUT2D eigenvalue weighted by molar-refractivity contribution is 0.0379. The molecule has 3 rings (SSSR count). The van der Waals surface area contributed by atoms with Crippen LogP contribution in [0.3, 0.4) is 0 Å². The predicted octanol–water partition coefficient (Wildman–Crippen LogP) is 2.45. The Labute approximate surface area is 199 Å². The standard InChI is InChI=1S/C19H24O14P2/c1-26-12-6-5-11(17(32-34(20,21)22)19(12)33-35(23,24)25)16-15(30-9-31-16)10-7-13(27-2)18(29-4)14(8-10)28-3/h5-8,15-16H,9H2,1-4H3,(H2,20,21,22)(H2,23,24,25)/t15-,16-/m0/s1. The molecule has 0 spiro atoms. The summed E-state index contributed by atoms with van der Waals surface area (Å²) >= 11 is 0. The Morgan fingerprint density at radius 3 is 1.71 bits per heavy atom. The van der Waals surface area contributed by atoms with Gasteiger partial charge in [0.2, 0.25) is 11.5 Å². The summed E-state index contributed by atoms with van der Waals surface area (Å²) in [6, 6.07) is 5.78. The van der Waals surface area contributed by atoms with Crippen molar-refractivity contribution in [1.82, 2.24) is 0 Å². The van der Waals surface area contributed by atoms with E-state index < -0.39 is 39.4 Å². The summed E-state index contributed by atoms with van der Waals surface area (Å²) in [6.45, 7) is -0.234. The van der Waals surface area contributed by atoms with Crippen LogP contribution in [0.1, 0.15) is 23.3 Å². The molecule has 1 fully saturated rings. The number of benzene rings is 2. The minimum absolute atomic E-state index is 0.0474. The Hall–Kier alpha value is -2.54. The first kappa shape index (κ1) is 27.1. The average Bonchev–Trinajstić information content (AvgIpc) is 3.26. The maximum atomic E-state index is 11.7. The topological polar surface area (TPSA) is 189 Å². The second-order valence-corrected chi connectivity index (χ2v) is 9.26. The second kappa shape index (κ2) is 10.6. The van der Waals surface area contributed by atoms with Crippen molar-refractivity contribution in [3.8, 4) is 34.5 Å². The summed E-state index contributed by atoms with van der Waals surface area (Å²) in [5.41, 5.74) is 0.422. The van der Waals surface area contributed by atoms with Crippen LogP contribution in [0.5, 0.6) is 34.5 Å². The van der Waals surface area contributed by atoms with Gasteiger partial charge < -0.3 is 37.5 Å². The third kappa shape index (κ3) is 6.18. The van der Waals surface area contributed by atoms with E-state index in [-0.39, 0.29) is 18.1 Å². The molecule has 0 amide bonds. The Morgan fingerprint density at radius 1 is 0.714 bits per heavy atom. The van der Waals surface area contributed by atoms with Gasteiger partial charge in [-0.1, -0.05) is 0 Å². The Balaban J connectivity index is 2.19. The molecule has 2 aromatic carbocycles. The second-order valence-electron chi connectivity index (χ2n) is 6.93. The molecule has 0 saturated carbocycles. The molecule has 2 aromatic rings. The average molecular weight is 538 g/mol. The predicted molar refractivity (Wildman–Crippen MR) is 117 cm³/mol. The molecule has 1 aliphatic rings. The normalized spacial score (nSPS) is 18.2. The number of hydrogen-bond donors (Lipinski definition) is 4. The lowest BCUT2D eigenvalue weighted by Gasteiger charge is -2.24. The van der Waals surface area contributed by atoms with Gasteiger partial charge in [-0.2, -0.15) is 0 Å². The van der Waals surface area contributed by atoms with Crippen molar-refractivity contribution in [3.05, 3.63) is 35.4 Å². The zero-order valence-electron chi connectivity index (χ0n) is 18.9. The van der Waals surface area contributed by atoms with Gasteiger partial charge in [0, 0.05) is 5.56 Å². The van der Waals surface area contributed by atoms with Gasteiger partial charge in [-0.05, 0) is 29.8 Å². The molecule has 0 radical (unpaired) electrons. The molecule has 1 heterocycles. The summed E-state index contributed by atoms with van der Waals surface area (Å²) in [4.78, 5) is 37.7. The number of phosphoric ester groups is 2. The smallest absolute Gasteiger partial charge is 0.493 e. The number of phosphoric acid groups is 2. The Kier molecular flexibility index (Phi) is 8.20. The van der Waals surface area contributed by atoms with Crippen LogP contribution in [0.4, 0.5) is 0 Å². The molecule has 1 aliphatic heterocycles. The summed E-state index contributed by atoms with van der Waals surface area (Å²) in [7, 11) is -5.01. The Bertz CT molecular complexity index is 1130. The number of hydrogen-bond acceptors (Lipinski definition) is 10. The highest BCUT2D eigenvalue weighted by atomic mass is 31.2. The van der Waals surface area contributed by atoms with Crippen molar-refractivity contribution >= 4 is 15.6 Å². The lowest BCUT2D eigenvalue weighted by atomic mass is 9.96. The van der Waals surface area contributed by atoms with E-state index in [1.807, 2.05) is 0 Å². The first-order valence-electron chi connectivity index (χ1n) is 9.66. The third-order valence-electron chi connectivity index (χ3n) is 4.84. The molecule has 0 unspecified atom stereocenters. The third-order valence-corrected chi connectivity index (χ3v) is 5.68. The van der Waals surface area contributed by atoms with E-state index in [9.17, 15) is 28.7 Å². The van der Waals surface area contributed by atoms with Gasteiger partial charge in [-0.25, -0.2) is 9.13 Å². The van der Waals surface area contributed by atoms with Crippen LogP contribution in [0.2, 0.25) is 0 Å². The van der Waals surface area contributed by atoms with E-state index in [4.69, 9.17) is 32.9 Å². The fraction of sp³-hybridized carbons (Fsp3) is 0.368. The van der Waals surface area contributed by atoms with E-state index in [1.54, 1.807) is 12.1 Å². The lowest BCUT2D eigenvalue weighted by Crippen LogP contribution is -2.11. The van der Waals surface area contributed by atoms with Crippen molar-refractivity contribution in [2.45, 2.75) is 12.2 Å². The van der Waals surface area contributed by atoms with E-state index in [0.717, 1.165) is 7.11 Å². The number of ether oxygens (including phenoxy) is 6. The fourth-order valence-electron chi connectivity index (χ4n) is 3.51. The van der Waals surface area contributed by atoms with Crippen LogP contribution in [0.15, 0.2) is 24.3 Å². The van der Waals surface area contributed by atoms with E-state index in [2.05, 4.69) is 4.52 Å². The van der Waals surface area contributed by atoms with Crippen LogP contribution >= 0.6 is 15.6 Å². The van der Waals surface area contributed by atoms with Crippen LogP contribution in [-0.4, -0.2) is 54.8 Å². The maximum Gasteiger partial charge on any atom is 0.525 e. The minimum Gasteiger partial charge on any atom is -0.493 e. The van der Waals surface area contributed by atoms with Crippen molar-refractivity contribution in [3.63, 3.8) is 0 Å². The molecule has 0 aromatic heterocycles. The van der Waals surface area contributed by atoms with Crippen LogP contribution < -0.4 is 28.0 Å². The van der Waals surface area contributed by atoms with E-state index >= 15 is 0 Å². The van der Waals surface area contributed by atoms with Gasteiger partial charge in [-0.3, -0.25) is 19.6 Å². The molecule has 0 bridgehead atoms. The van der Waals surface area contributed by atoms with Gasteiger partial charge in [0.05, 0.1) is 28.4 Å². The van der Waals surface area contributed by atoms with Crippen molar-refractivity contribution in [2.24, 2.45) is 0 Å². The molecule has 0 aliphatic carbocycles. The highest BCUT2D eigenvalue weighted by Crippen LogP contribution is 2.56. The molecule has 194 valence electrons. The summed E-state index contributed by atoms with van der Waals surface area (Å²) in [6.07, 6.45) is -1.98. The summed E-state index contributed by atoms with van der Waals surface area (Å²) < 4.78 is 65.2. The first-order chi connectivity index (χ1) is 16.4. The van der Waals surface area contributed by atoms with E-state index in [1.165, 1.54) is 33.5 Å². The highest BCUT2D eigenvalue weighted by molar-refractivity contribution is 7.47. The SMILES string of the molecule is COc1cc([C@@H]2OCO[C@H]2c2ccc(OC)c(OP(=O)(O)O)c2OP(=O)(O)O)cc(OC)c1OC. The molecular formula is C19H24O14P2. The quantitative estimate of drug-likeness (QED) is 0.323. The number of rotatable bonds is 10. The minimum atomic E-state index is -5.25. The fourth-order valence-corrected chi connectivity index (χ4v) is 4.35. The first-order valence-corrected chi connectivity index (χ1v) is 12.7. The highest BCUT2D eigenvalue weighted by Gasteiger charge is 2.39. The maximum absolute atomic E-state index is 11.7. The summed E-state index contributed by atoms with van der Waals surface area (Å²) in [5.74, 6) is -0.758. The van der Waals surface area contributed by atoms with Crippen LogP contribution in [0, 0.1) is 0 Å². The molecule has 4 N–H and O–H groups in total. The van der Waals surface area contributed by atoms with Crippen molar-refractivity contribution < 1.29 is 66.2 Å². The monoisotopic (exact) mass is 538 g/mol. The van der Waals surface area contributed by atoms with Gasteiger partial charge in [0.25, 0.3) is 0 Å². The van der Waals surface area contributed by atoms with Crippen LogP contribution in [0.25, 0.3) is 0 Å². The largest absolute Gasteiger partial charge is 0.525 e. The molecule has 35 heavy (non-hydrogen) atoms. The molecule has 16 heteroatoms. The zero-order chi connectivity index (χ0) is 26.0. The van der Waals surface area contributed by atoms with Gasteiger partial charge in [0.1, 0.15) is 19.0 Å². The molecule has 1 saturated heterocycles. The molecular weight excluding hydrogens is 514 g/mol. The molecule has 2 atom stereocenters. The van der Waals surface area contributed by atoms with E-state index in [0.29, 0.717) is 22.8 Å². The van der Waals surface area contributed by atoms with Crippen molar-refractivity contribution in [1.29, 1.82) is 0 Å². The zero-order valence-corrected chi connectivity index (χ0v) is 20.7. The van der Waals surface area contributed by atoms with Gasteiger partial charge >= 0.3 is 15.6 Å². The van der Waals surface area contributed by atoms with Crippen LogP contribution in [-0.2, 0) is 18.6 Å². The Morgan fingerprint density at radius 2 is 1.23 bits per heavy atom. The summed E-state index contributed by atoms with van der Waals surface area (Å²) in [5, 5.41) is 0. The van der Waals surface area contributed by atoms with Gasteiger partial charge in [0.15, 0.2) is 23.0 Å². The number of methoxy groups -OCH3 is 4. The van der Waals surface area contributed by atoms with Gasteiger partial charge in [-0.15, -0.1) is 0 Å². The molecule has 14 nitrogen and oxygen atoms in total.